The summed E-state index contributed by atoms with van der Waals surface area (Å²) < 4.78 is 25.3. The third-order valence-electron chi connectivity index (χ3n) is 4.97. The molecule has 0 unspecified atom stereocenters. The van der Waals surface area contributed by atoms with Crippen LogP contribution in [0.4, 0.5) is 5.69 Å². The maximum absolute atomic E-state index is 12.2. The van der Waals surface area contributed by atoms with Gasteiger partial charge in [-0.05, 0) is 61.4 Å². The number of hydrogen-bond acceptors (Lipinski definition) is 4. The molecule has 1 aliphatic heterocycles. The summed E-state index contributed by atoms with van der Waals surface area (Å²) in [7, 11) is -0.619. The van der Waals surface area contributed by atoms with E-state index in [1.807, 2.05) is 24.3 Å². The van der Waals surface area contributed by atoms with Gasteiger partial charge in [0.2, 0.25) is 15.9 Å². The van der Waals surface area contributed by atoms with Crippen LogP contribution in [0.15, 0.2) is 53.4 Å². The number of nitrogens with one attached hydrogen (secondary N) is 1. The van der Waals surface area contributed by atoms with Crippen LogP contribution < -0.4 is 10.2 Å². The van der Waals surface area contributed by atoms with E-state index in [-0.39, 0.29) is 23.3 Å². The summed E-state index contributed by atoms with van der Waals surface area (Å²) in [6.07, 6.45) is 2.56. The van der Waals surface area contributed by atoms with Gasteiger partial charge in [-0.25, -0.2) is 12.7 Å². The lowest BCUT2D eigenvalue weighted by molar-refractivity contribution is -0.119. The van der Waals surface area contributed by atoms with Crippen LogP contribution in [-0.4, -0.2) is 51.7 Å². The maximum atomic E-state index is 12.2. The third kappa shape index (κ3) is 5.51. The predicted molar refractivity (Wildman–Crippen MR) is 119 cm³/mol. The molecule has 0 bridgehead atoms. The van der Waals surface area contributed by atoms with Crippen molar-refractivity contribution in [1.82, 2.24) is 9.62 Å². The fraction of sp³-hybridized carbons (Fsp3) is 0.304. The molecule has 2 aromatic carbocycles. The van der Waals surface area contributed by atoms with Crippen LogP contribution in [0.25, 0.3) is 0 Å². The predicted octanol–water partition coefficient (Wildman–Crippen LogP) is 2.24. The van der Waals surface area contributed by atoms with Crippen LogP contribution >= 0.6 is 0 Å². The van der Waals surface area contributed by atoms with E-state index in [4.69, 9.17) is 0 Å². The average molecular weight is 440 g/mol. The largest absolute Gasteiger partial charge is 0.341 e. The molecule has 1 saturated heterocycles. The molecule has 7 nitrogen and oxygen atoms in total. The second-order valence-corrected chi connectivity index (χ2v) is 9.50. The quantitative estimate of drug-likeness (QED) is 0.724. The highest BCUT2D eigenvalue weighted by atomic mass is 32.2. The number of carbonyl (C=O) groups excluding carboxylic acids is 2. The molecular weight excluding hydrogens is 414 g/mol. The molecule has 1 fully saturated rings. The zero-order valence-corrected chi connectivity index (χ0v) is 18.4. The van der Waals surface area contributed by atoms with E-state index >= 15 is 0 Å². The van der Waals surface area contributed by atoms with Crippen LogP contribution in [0.1, 0.15) is 35.2 Å². The molecule has 1 aliphatic rings. The smallest absolute Gasteiger partial charge is 0.252 e. The number of rotatable bonds is 5. The Morgan fingerprint density at radius 2 is 1.74 bits per heavy atom. The number of piperidine rings is 1. The number of carbonyl (C=O) groups is 2. The van der Waals surface area contributed by atoms with Crippen LogP contribution in [0, 0.1) is 11.8 Å². The highest BCUT2D eigenvalue weighted by Crippen LogP contribution is 2.21. The molecule has 2 aromatic rings. The standard InChI is InChI=1S/C23H25N3O4S/c1-25(2)31(29,30)21-14-10-19(11-15-21)23(28)24-16-5-6-18-8-12-20(13-9-18)26-17-4-3-7-22(26)27/h8-15H,3-4,7,16-17H2,1-2H3,(H,24,28). The van der Waals surface area contributed by atoms with Gasteiger partial charge in [-0.1, -0.05) is 11.8 Å². The van der Waals surface area contributed by atoms with Gasteiger partial charge < -0.3 is 10.2 Å². The molecule has 2 amide bonds. The highest BCUT2D eigenvalue weighted by molar-refractivity contribution is 7.89. The van der Waals surface area contributed by atoms with Crippen LogP contribution in [-0.2, 0) is 14.8 Å². The summed E-state index contributed by atoms with van der Waals surface area (Å²) in [4.78, 5) is 26.1. The second-order valence-electron chi connectivity index (χ2n) is 7.35. The van der Waals surface area contributed by atoms with E-state index in [0.29, 0.717) is 12.0 Å². The first-order chi connectivity index (χ1) is 14.8. The Bertz CT molecular complexity index is 1110. The van der Waals surface area contributed by atoms with E-state index in [9.17, 15) is 18.0 Å². The monoisotopic (exact) mass is 439 g/mol. The summed E-state index contributed by atoms with van der Waals surface area (Å²) >= 11 is 0. The average Bonchev–Trinajstić information content (AvgIpc) is 2.77. The molecule has 0 saturated carbocycles. The molecule has 3 rings (SSSR count). The van der Waals surface area contributed by atoms with E-state index in [1.54, 1.807) is 4.90 Å². The second kappa shape index (κ2) is 9.77. The van der Waals surface area contributed by atoms with Crippen molar-refractivity contribution in [1.29, 1.82) is 0 Å². The Morgan fingerprint density at radius 1 is 1.06 bits per heavy atom. The Hall–Kier alpha value is -3.15. The Balaban J connectivity index is 1.55. The lowest BCUT2D eigenvalue weighted by atomic mass is 10.1. The lowest BCUT2D eigenvalue weighted by Gasteiger charge is -2.26. The number of hydrogen-bond donors (Lipinski definition) is 1. The summed E-state index contributed by atoms with van der Waals surface area (Å²) in [6, 6.07) is 13.2. The van der Waals surface area contributed by atoms with Crippen molar-refractivity contribution in [2.75, 3.05) is 32.1 Å². The first-order valence-corrected chi connectivity index (χ1v) is 11.4. The normalized spacial score (nSPS) is 14.2. The fourth-order valence-corrected chi connectivity index (χ4v) is 4.07. The molecule has 162 valence electrons. The molecular formula is C23H25N3O4S. The van der Waals surface area contributed by atoms with Crippen molar-refractivity contribution in [3.63, 3.8) is 0 Å². The minimum atomic E-state index is -3.53. The Morgan fingerprint density at radius 3 is 2.35 bits per heavy atom. The molecule has 0 spiro atoms. The molecule has 8 heteroatoms. The molecule has 0 aliphatic carbocycles. The van der Waals surface area contributed by atoms with Gasteiger partial charge in [0.05, 0.1) is 11.4 Å². The number of benzene rings is 2. The van der Waals surface area contributed by atoms with Gasteiger partial charge in [0, 0.05) is 43.9 Å². The van der Waals surface area contributed by atoms with Crippen molar-refractivity contribution in [2.45, 2.75) is 24.2 Å². The van der Waals surface area contributed by atoms with Crippen molar-refractivity contribution in [3.8, 4) is 11.8 Å². The molecule has 0 radical (unpaired) electrons. The van der Waals surface area contributed by atoms with E-state index in [0.717, 1.165) is 34.9 Å². The van der Waals surface area contributed by atoms with Gasteiger partial charge in [-0.3, -0.25) is 9.59 Å². The highest BCUT2D eigenvalue weighted by Gasteiger charge is 2.19. The van der Waals surface area contributed by atoms with Gasteiger partial charge in [0.15, 0.2) is 0 Å². The van der Waals surface area contributed by atoms with Crippen LogP contribution in [0.2, 0.25) is 0 Å². The summed E-state index contributed by atoms with van der Waals surface area (Å²) in [6.45, 7) is 0.904. The molecule has 1 heterocycles. The minimum Gasteiger partial charge on any atom is -0.341 e. The van der Waals surface area contributed by atoms with Crippen LogP contribution in [0.3, 0.4) is 0 Å². The van der Waals surface area contributed by atoms with Gasteiger partial charge in [0.1, 0.15) is 0 Å². The number of sulfonamides is 1. The fourth-order valence-electron chi connectivity index (χ4n) is 3.17. The number of anilines is 1. The Kier molecular flexibility index (Phi) is 7.10. The van der Waals surface area contributed by atoms with Gasteiger partial charge in [0.25, 0.3) is 5.91 Å². The van der Waals surface area contributed by atoms with E-state index < -0.39 is 10.0 Å². The van der Waals surface area contributed by atoms with Gasteiger partial charge in [-0.2, -0.15) is 0 Å². The summed E-state index contributed by atoms with van der Waals surface area (Å²) in [5, 5.41) is 2.69. The van der Waals surface area contributed by atoms with Crippen molar-refractivity contribution in [3.05, 3.63) is 59.7 Å². The minimum absolute atomic E-state index is 0.128. The maximum Gasteiger partial charge on any atom is 0.252 e. The van der Waals surface area contributed by atoms with Crippen LogP contribution in [0.5, 0.6) is 0 Å². The number of amides is 2. The van der Waals surface area contributed by atoms with E-state index in [2.05, 4.69) is 17.2 Å². The molecule has 31 heavy (non-hydrogen) atoms. The van der Waals surface area contributed by atoms with Gasteiger partial charge >= 0.3 is 0 Å². The lowest BCUT2D eigenvalue weighted by Crippen LogP contribution is -2.35. The summed E-state index contributed by atoms with van der Waals surface area (Å²) in [5.41, 5.74) is 2.03. The van der Waals surface area contributed by atoms with Crippen molar-refractivity contribution in [2.24, 2.45) is 0 Å². The SMILES string of the molecule is CN(C)S(=O)(=O)c1ccc(C(=O)NCC#Cc2ccc(N3CCCCC3=O)cc2)cc1. The van der Waals surface area contributed by atoms with Crippen molar-refractivity contribution >= 4 is 27.5 Å². The third-order valence-corrected chi connectivity index (χ3v) is 6.80. The number of nitrogens with zero attached hydrogens (tertiary/aromatic N) is 2. The zero-order valence-electron chi connectivity index (χ0n) is 17.6. The molecule has 1 N–H and O–H groups in total. The molecule has 0 aromatic heterocycles. The Labute approximate surface area is 183 Å². The molecule has 0 atom stereocenters. The van der Waals surface area contributed by atoms with Gasteiger partial charge in [-0.15, -0.1) is 0 Å². The topological polar surface area (TPSA) is 86.8 Å². The first-order valence-electron chi connectivity index (χ1n) is 9.99. The zero-order chi connectivity index (χ0) is 22.4. The first kappa shape index (κ1) is 22.5. The van der Waals surface area contributed by atoms with Crippen molar-refractivity contribution < 1.29 is 18.0 Å². The van der Waals surface area contributed by atoms with E-state index in [1.165, 1.54) is 38.4 Å². The summed E-state index contributed by atoms with van der Waals surface area (Å²) in [5.74, 6) is 5.70.